The van der Waals surface area contributed by atoms with Crippen molar-refractivity contribution in [2.75, 3.05) is 0 Å². The third-order valence-electron chi connectivity index (χ3n) is 3.99. The molecule has 0 aromatic rings. The fourth-order valence-corrected chi connectivity index (χ4v) is 2.85. The van der Waals surface area contributed by atoms with E-state index in [2.05, 4.69) is 34.6 Å². The lowest BCUT2D eigenvalue weighted by Gasteiger charge is -2.32. The molecule has 1 fully saturated rings. The van der Waals surface area contributed by atoms with Crippen molar-refractivity contribution in [3.8, 4) is 0 Å². The van der Waals surface area contributed by atoms with E-state index in [0.29, 0.717) is 16.7 Å². The van der Waals surface area contributed by atoms with Crippen LogP contribution in [0.3, 0.4) is 0 Å². The lowest BCUT2D eigenvalue weighted by Crippen LogP contribution is -2.30. The maximum Gasteiger partial charge on any atom is 0.0573 e. The molecule has 1 aliphatic carbocycles. The predicted octanol–water partition coefficient (Wildman–Crippen LogP) is 4.00. The zero-order chi connectivity index (χ0) is 11.7. The minimum absolute atomic E-state index is 0.0817. The van der Waals surface area contributed by atoms with Gasteiger partial charge in [-0.1, -0.05) is 41.0 Å². The van der Waals surface area contributed by atoms with Crippen molar-refractivity contribution >= 4 is 0 Å². The second-order valence-corrected chi connectivity index (χ2v) is 7.15. The van der Waals surface area contributed by atoms with Gasteiger partial charge in [-0.05, 0) is 42.4 Å². The van der Waals surface area contributed by atoms with E-state index in [0.717, 1.165) is 12.8 Å². The van der Waals surface area contributed by atoms with Crippen LogP contribution in [0.1, 0.15) is 66.7 Å². The Morgan fingerprint density at radius 3 is 2.33 bits per heavy atom. The first-order valence-corrected chi connectivity index (χ1v) is 6.40. The predicted molar refractivity (Wildman–Crippen MR) is 65.8 cm³/mol. The summed E-state index contributed by atoms with van der Waals surface area (Å²) in [6.07, 6.45) is 5.81. The molecule has 1 nitrogen and oxygen atoms in total. The van der Waals surface area contributed by atoms with E-state index in [9.17, 15) is 5.11 Å². The summed E-state index contributed by atoms with van der Waals surface area (Å²) in [5, 5.41) is 10.2. The van der Waals surface area contributed by atoms with Gasteiger partial charge in [-0.25, -0.2) is 0 Å². The molecule has 0 spiro atoms. The normalized spacial score (nSPS) is 28.0. The van der Waals surface area contributed by atoms with Gasteiger partial charge in [0.15, 0.2) is 0 Å². The second kappa shape index (κ2) is 4.45. The number of hydrogen-bond donors (Lipinski definition) is 1. The van der Waals surface area contributed by atoms with Crippen LogP contribution in [0.4, 0.5) is 0 Å². The third-order valence-corrected chi connectivity index (χ3v) is 3.99. The Bertz CT molecular complexity index is 200. The molecule has 90 valence electrons. The Kier molecular flexibility index (Phi) is 3.86. The quantitative estimate of drug-likeness (QED) is 0.749. The number of aliphatic hydroxyl groups excluding tert-OH is 1. The average Bonchev–Trinajstić information content (AvgIpc) is 2.40. The molecular formula is C14H28O. The zero-order valence-corrected chi connectivity index (χ0v) is 11.1. The van der Waals surface area contributed by atoms with Gasteiger partial charge in [0.25, 0.3) is 0 Å². The minimum atomic E-state index is -0.0817. The Balaban J connectivity index is 2.43. The highest BCUT2D eigenvalue weighted by Crippen LogP contribution is 2.45. The van der Waals surface area contributed by atoms with Crippen LogP contribution < -0.4 is 0 Å². The molecule has 1 saturated carbocycles. The highest BCUT2D eigenvalue weighted by atomic mass is 16.3. The lowest BCUT2D eigenvalue weighted by molar-refractivity contribution is 0.0392. The summed E-state index contributed by atoms with van der Waals surface area (Å²) in [6, 6.07) is 0. The van der Waals surface area contributed by atoms with Gasteiger partial charge < -0.3 is 5.11 Å². The molecule has 0 aliphatic heterocycles. The third kappa shape index (κ3) is 3.79. The molecule has 1 heteroatoms. The highest BCUT2D eigenvalue weighted by molar-refractivity contribution is 4.89. The Morgan fingerprint density at radius 2 is 1.93 bits per heavy atom. The van der Waals surface area contributed by atoms with Gasteiger partial charge in [0.2, 0.25) is 0 Å². The standard InChI is InChI=1S/C14H28O/c1-13(2,3)10-8-12(15)11-7-6-9-14(11,4)5/h11-12,15H,6-10H2,1-5H3. The van der Waals surface area contributed by atoms with E-state index in [1.165, 1.54) is 19.3 Å². The molecule has 1 aliphatic rings. The largest absolute Gasteiger partial charge is 0.393 e. The number of aliphatic hydroxyl groups is 1. The van der Waals surface area contributed by atoms with Crippen molar-refractivity contribution < 1.29 is 5.11 Å². The van der Waals surface area contributed by atoms with Gasteiger partial charge >= 0.3 is 0 Å². The molecule has 1 N–H and O–H groups in total. The van der Waals surface area contributed by atoms with E-state index in [4.69, 9.17) is 0 Å². The summed E-state index contributed by atoms with van der Waals surface area (Å²) >= 11 is 0. The summed E-state index contributed by atoms with van der Waals surface area (Å²) in [7, 11) is 0. The summed E-state index contributed by atoms with van der Waals surface area (Å²) in [4.78, 5) is 0. The molecule has 2 atom stereocenters. The van der Waals surface area contributed by atoms with Crippen molar-refractivity contribution in [1.82, 2.24) is 0 Å². The minimum Gasteiger partial charge on any atom is -0.393 e. The molecule has 2 unspecified atom stereocenters. The molecule has 15 heavy (non-hydrogen) atoms. The number of rotatable bonds is 3. The fraction of sp³-hybridized carbons (Fsp3) is 1.00. The van der Waals surface area contributed by atoms with Crippen molar-refractivity contribution in [2.45, 2.75) is 72.8 Å². The van der Waals surface area contributed by atoms with Crippen LogP contribution in [-0.4, -0.2) is 11.2 Å². The first kappa shape index (κ1) is 13.0. The number of hydrogen-bond acceptors (Lipinski definition) is 1. The van der Waals surface area contributed by atoms with E-state index < -0.39 is 0 Å². The van der Waals surface area contributed by atoms with E-state index in [1.54, 1.807) is 0 Å². The smallest absolute Gasteiger partial charge is 0.0573 e. The van der Waals surface area contributed by atoms with E-state index >= 15 is 0 Å². The molecule has 0 amide bonds. The monoisotopic (exact) mass is 212 g/mol. The van der Waals surface area contributed by atoms with Crippen molar-refractivity contribution in [1.29, 1.82) is 0 Å². The van der Waals surface area contributed by atoms with Gasteiger partial charge in [-0.15, -0.1) is 0 Å². The molecule has 0 heterocycles. The van der Waals surface area contributed by atoms with Crippen LogP contribution >= 0.6 is 0 Å². The molecule has 1 rings (SSSR count). The average molecular weight is 212 g/mol. The van der Waals surface area contributed by atoms with Gasteiger partial charge in [-0.3, -0.25) is 0 Å². The highest BCUT2D eigenvalue weighted by Gasteiger charge is 2.38. The summed E-state index contributed by atoms with van der Waals surface area (Å²) in [5.74, 6) is 0.528. The second-order valence-electron chi connectivity index (χ2n) is 7.15. The van der Waals surface area contributed by atoms with Crippen molar-refractivity contribution in [3.05, 3.63) is 0 Å². The van der Waals surface area contributed by atoms with E-state index in [-0.39, 0.29) is 6.10 Å². The van der Waals surface area contributed by atoms with Gasteiger partial charge in [0.1, 0.15) is 0 Å². The lowest BCUT2D eigenvalue weighted by atomic mass is 9.76. The molecule has 0 radical (unpaired) electrons. The first-order valence-electron chi connectivity index (χ1n) is 6.40. The summed E-state index contributed by atoms with van der Waals surface area (Å²) in [6.45, 7) is 11.4. The Morgan fingerprint density at radius 1 is 1.33 bits per heavy atom. The van der Waals surface area contributed by atoms with Crippen LogP contribution in [-0.2, 0) is 0 Å². The van der Waals surface area contributed by atoms with Crippen molar-refractivity contribution in [3.63, 3.8) is 0 Å². The molecule has 0 aromatic carbocycles. The maximum absolute atomic E-state index is 10.2. The fourth-order valence-electron chi connectivity index (χ4n) is 2.85. The van der Waals surface area contributed by atoms with Crippen molar-refractivity contribution in [2.24, 2.45) is 16.7 Å². The van der Waals surface area contributed by atoms with Crippen LogP contribution in [0.25, 0.3) is 0 Å². The van der Waals surface area contributed by atoms with Crippen LogP contribution in [0, 0.1) is 16.7 Å². The van der Waals surface area contributed by atoms with Crippen LogP contribution in [0.5, 0.6) is 0 Å². The van der Waals surface area contributed by atoms with Crippen LogP contribution in [0.15, 0.2) is 0 Å². The van der Waals surface area contributed by atoms with Gasteiger partial charge in [-0.2, -0.15) is 0 Å². The summed E-state index contributed by atoms with van der Waals surface area (Å²) in [5.41, 5.74) is 0.709. The Hall–Kier alpha value is -0.0400. The van der Waals surface area contributed by atoms with Gasteiger partial charge in [0, 0.05) is 0 Å². The topological polar surface area (TPSA) is 20.2 Å². The zero-order valence-electron chi connectivity index (χ0n) is 11.1. The first-order chi connectivity index (χ1) is 6.72. The Labute approximate surface area is 95.3 Å². The summed E-state index contributed by atoms with van der Waals surface area (Å²) < 4.78 is 0. The van der Waals surface area contributed by atoms with E-state index in [1.807, 2.05) is 0 Å². The molecule has 0 saturated heterocycles. The van der Waals surface area contributed by atoms with Crippen LogP contribution in [0.2, 0.25) is 0 Å². The maximum atomic E-state index is 10.2. The van der Waals surface area contributed by atoms with Gasteiger partial charge in [0.05, 0.1) is 6.10 Å². The molecule has 0 aromatic heterocycles. The molecule has 0 bridgehead atoms. The SMILES string of the molecule is CC(C)(C)CCC(O)C1CCCC1(C)C. The molecular weight excluding hydrogens is 184 g/mol.